The van der Waals surface area contributed by atoms with Gasteiger partial charge in [-0.1, -0.05) is 17.7 Å². The van der Waals surface area contributed by atoms with Crippen LogP contribution in [0.1, 0.15) is 29.8 Å². The number of carbonyl (C=O) groups excluding carboxylic acids is 3. The Kier molecular flexibility index (Phi) is 5.22. The second kappa shape index (κ2) is 7.84. The minimum Gasteiger partial charge on any atom is -0.497 e. The molecule has 2 aromatic carbocycles. The van der Waals surface area contributed by atoms with E-state index in [9.17, 15) is 19.2 Å². The number of ketones is 3. The first-order valence-electron chi connectivity index (χ1n) is 9.37. The molecule has 1 aliphatic carbocycles. The van der Waals surface area contributed by atoms with E-state index in [1.807, 2.05) is 0 Å². The van der Waals surface area contributed by atoms with Crippen molar-refractivity contribution in [1.29, 1.82) is 0 Å². The van der Waals surface area contributed by atoms with Gasteiger partial charge < -0.3 is 4.74 Å². The number of carbonyl (C=O) groups is 3. The molecule has 0 saturated heterocycles. The molecule has 0 bridgehead atoms. The lowest BCUT2D eigenvalue weighted by atomic mass is 9.83. The zero-order valence-electron chi connectivity index (χ0n) is 16.1. The first-order valence-corrected chi connectivity index (χ1v) is 9.75. The van der Waals surface area contributed by atoms with Crippen LogP contribution in [-0.4, -0.2) is 34.0 Å². The van der Waals surface area contributed by atoms with E-state index in [-0.39, 0.29) is 23.4 Å². The van der Waals surface area contributed by atoms with Gasteiger partial charge in [0.15, 0.2) is 17.3 Å². The fourth-order valence-corrected chi connectivity index (χ4v) is 3.86. The summed E-state index contributed by atoms with van der Waals surface area (Å²) in [5.41, 5.74) is -0.0962. The zero-order chi connectivity index (χ0) is 21.4. The number of benzene rings is 2. The van der Waals surface area contributed by atoms with Gasteiger partial charge in [0.2, 0.25) is 5.78 Å². The molecule has 1 fully saturated rings. The second-order valence-electron chi connectivity index (χ2n) is 6.99. The van der Waals surface area contributed by atoms with Gasteiger partial charge in [0.05, 0.1) is 17.6 Å². The molecular weight excluding hydrogens is 408 g/mol. The number of aromatic nitrogens is 2. The predicted molar refractivity (Wildman–Crippen MR) is 111 cm³/mol. The van der Waals surface area contributed by atoms with Gasteiger partial charge in [0.25, 0.3) is 5.56 Å². The molecule has 0 amide bonds. The molecule has 1 aliphatic rings. The zero-order valence-corrected chi connectivity index (χ0v) is 16.8. The van der Waals surface area contributed by atoms with Gasteiger partial charge >= 0.3 is 0 Å². The van der Waals surface area contributed by atoms with Crippen LogP contribution >= 0.6 is 11.6 Å². The fraction of sp³-hybridized carbons (Fsp3) is 0.227. The van der Waals surface area contributed by atoms with E-state index in [2.05, 4.69) is 4.98 Å². The Labute approximate surface area is 176 Å². The molecule has 1 aromatic heterocycles. The highest BCUT2D eigenvalue weighted by Crippen LogP contribution is 2.26. The van der Waals surface area contributed by atoms with Crippen molar-refractivity contribution < 1.29 is 19.1 Å². The highest BCUT2D eigenvalue weighted by Gasteiger charge is 2.38. The number of hydrogen-bond acceptors (Lipinski definition) is 6. The molecule has 8 heteroatoms. The van der Waals surface area contributed by atoms with Gasteiger partial charge in [-0.2, -0.15) is 0 Å². The van der Waals surface area contributed by atoms with Crippen LogP contribution < -0.4 is 10.3 Å². The van der Waals surface area contributed by atoms with Crippen LogP contribution in [0.3, 0.4) is 0 Å². The van der Waals surface area contributed by atoms with Gasteiger partial charge in [-0.25, -0.2) is 4.98 Å². The average Bonchev–Trinajstić information content (AvgIpc) is 2.73. The average molecular weight is 425 g/mol. The van der Waals surface area contributed by atoms with E-state index in [0.29, 0.717) is 23.4 Å². The summed E-state index contributed by atoms with van der Waals surface area (Å²) in [6.07, 6.45) is 0.667. The Hall–Kier alpha value is -3.32. The van der Waals surface area contributed by atoms with Crippen molar-refractivity contribution in [1.82, 2.24) is 9.55 Å². The number of nitrogens with zero attached hydrogens (tertiary/aromatic N) is 2. The fourth-order valence-electron chi connectivity index (χ4n) is 3.65. The minimum absolute atomic E-state index is 0.128. The third-order valence-electron chi connectivity index (χ3n) is 5.15. The van der Waals surface area contributed by atoms with Crippen LogP contribution in [0.2, 0.25) is 5.02 Å². The normalized spacial score (nSPS) is 14.9. The van der Waals surface area contributed by atoms with Crippen LogP contribution in [0, 0.1) is 5.92 Å². The standard InChI is InChI=1S/C22H17ClN2O5/c1-30-13-10-8-12(9-11-13)25-15-5-2-4-14(23)19(15)24-20(22(25)29)21(28)18-16(26)6-3-7-17(18)27/h2,4-5,8-11,18H,3,6-7H2,1H3. The number of Topliss-reactive ketones (excluding diaryl/α,β-unsaturated/α-hetero) is 3. The number of hydrogen-bond donors (Lipinski definition) is 0. The first-order chi connectivity index (χ1) is 14.4. The highest BCUT2D eigenvalue weighted by atomic mass is 35.5. The van der Waals surface area contributed by atoms with Crippen molar-refractivity contribution in [3.05, 3.63) is 63.5 Å². The van der Waals surface area contributed by atoms with E-state index in [1.54, 1.807) is 42.5 Å². The number of ether oxygens (including phenoxy) is 1. The lowest BCUT2D eigenvalue weighted by Gasteiger charge is -2.19. The molecule has 0 radical (unpaired) electrons. The molecule has 3 aromatic rings. The van der Waals surface area contributed by atoms with E-state index in [4.69, 9.17) is 16.3 Å². The third-order valence-corrected chi connectivity index (χ3v) is 5.46. The van der Waals surface area contributed by atoms with Crippen molar-refractivity contribution in [2.45, 2.75) is 19.3 Å². The maximum absolute atomic E-state index is 13.3. The largest absolute Gasteiger partial charge is 0.497 e. The number of halogens is 1. The smallest absolute Gasteiger partial charge is 0.285 e. The molecule has 152 valence electrons. The number of fused-ring (bicyclic) bond motifs is 1. The molecule has 0 atom stereocenters. The van der Waals surface area contributed by atoms with Crippen LogP contribution in [-0.2, 0) is 9.59 Å². The van der Waals surface area contributed by atoms with Crippen molar-refractivity contribution >= 4 is 40.0 Å². The second-order valence-corrected chi connectivity index (χ2v) is 7.40. The van der Waals surface area contributed by atoms with Gasteiger partial charge in [0, 0.05) is 18.5 Å². The Morgan fingerprint density at radius 3 is 2.37 bits per heavy atom. The van der Waals surface area contributed by atoms with Gasteiger partial charge in [-0.3, -0.25) is 23.7 Å². The summed E-state index contributed by atoms with van der Waals surface area (Å²) < 4.78 is 6.46. The van der Waals surface area contributed by atoms with Gasteiger partial charge in [0.1, 0.15) is 17.2 Å². The summed E-state index contributed by atoms with van der Waals surface area (Å²) in [4.78, 5) is 55.2. The number of rotatable bonds is 4. The SMILES string of the molecule is COc1ccc(-n2c(=O)c(C(=O)C3C(=O)CCCC3=O)nc3c(Cl)cccc32)cc1. The predicted octanol–water partition coefficient (Wildman–Crippen LogP) is 3.17. The van der Waals surface area contributed by atoms with Crippen LogP contribution in [0.5, 0.6) is 5.75 Å². The Bertz CT molecular complexity index is 1230. The summed E-state index contributed by atoms with van der Waals surface area (Å²) in [7, 11) is 1.53. The summed E-state index contributed by atoms with van der Waals surface area (Å²) in [6, 6.07) is 11.6. The molecular formula is C22H17ClN2O5. The van der Waals surface area contributed by atoms with Crippen molar-refractivity contribution in [3.63, 3.8) is 0 Å². The third kappa shape index (κ3) is 3.31. The summed E-state index contributed by atoms with van der Waals surface area (Å²) in [5.74, 6) is -2.72. The molecule has 0 unspecified atom stereocenters. The first kappa shape index (κ1) is 20.0. The number of methoxy groups -OCH3 is 1. The minimum atomic E-state index is -1.48. The van der Waals surface area contributed by atoms with E-state index in [0.717, 1.165) is 0 Å². The lowest BCUT2D eigenvalue weighted by molar-refractivity contribution is -0.133. The Balaban J connectivity index is 1.97. The summed E-state index contributed by atoms with van der Waals surface area (Å²) in [6.45, 7) is 0. The molecule has 7 nitrogen and oxygen atoms in total. The highest BCUT2D eigenvalue weighted by molar-refractivity contribution is 6.35. The molecule has 4 rings (SSSR count). The molecule has 0 N–H and O–H groups in total. The summed E-state index contributed by atoms with van der Waals surface area (Å²) in [5, 5.41) is 0.241. The summed E-state index contributed by atoms with van der Waals surface area (Å²) >= 11 is 6.29. The molecule has 0 spiro atoms. The van der Waals surface area contributed by atoms with E-state index < -0.39 is 34.5 Å². The maximum Gasteiger partial charge on any atom is 0.285 e. The molecule has 1 heterocycles. The van der Waals surface area contributed by atoms with E-state index in [1.165, 1.54) is 11.7 Å². The van der Waals surface area contributed by atoms with Gasteiger partial charge in [-0.15, -0.1) is 0 Å². The molecule has 1 saturated carbocycles. The van der Waals surface area contributed by atoms with Crippen LogP contribution in [0.25, 0.3) is 16.7 Å². The van der Waals surface area contributed by atoms with Crippen molar-refractivity contribution in [2.75, 3.05) is 7.11 Å². The topological polar surface area (TPSA) is 95.3 Å². The Morgan fingerprint density at radius 1 is 1.07 bits per heavy atom. The maximum atomic E-state index is 13.3. The van der Waals surface area contributed by atoms with Gasteiger partial charge in [-0.05, 0) is 42.8 Å². The monoisotopic (exact) mass is 424 g/mol. The van der Waals surface area contributed by atoms with Crippen molar-refractivity contribution in [2.24, 2.45) is 5.92 Å². The number of para-hydroxylation sites is 1. The quantitative estimate of drug-likeness (QED) is 0.471. The Morgan fingerprint density at radius 2 is 1.73 bits per heavy atom. The van der Waals surface area contributed by atoms with E-state index >= 15 is 0 Å². The van der Waals surface area contributed by atoms with Crippen LogP contribution in [0.15, 0.2) is 47.3 Å². The lowest BCUT2D eigenvalue weighted by Crippen LogP contribution is -2.39. The van der Waals surface area contributed by atoms with Crippen molar-refractivity contribution in [3.8, 4) is 11.4 Å². The molecule has 30 heavy (non-hydrogen) atoms. The van der Waals surface area contributed by atoms with Crippen LogP contribution in [0.4, 0.5) is 0 Å². The molecule has 0 aliphatic heterocycles.